The van der Waals surface area contributed by atoms with Crippen LogP contribution < -0.4 is 5.32 Å². The normalized spacial score (nSPS) is 14.2. The zero-order chi connectivity index (χ0) is 8.67. The minimum absolute atomic E-state index is 0.822. The van der Waals surface area contributed by atoms with E-state index in [2.05, 4.69) is 21.9 Å². The SMILES string of the molecule is c1cc2c(s1)Cc1oncc1CN2. The second kappa shape index (κ2) is 2.60. The number of nitrogens with zero attached hydrogens (tertiary/aromatic N) is 1. The lowest BCUT2D eigenvalue weighted by Crippen LogP contribution is -1.95. The van der Waals surface area contributed by atoms with Crippen LogP contribution in [-0.2, 0) is 13.0 Å². The average Bonchev–Trinajstić information content (AvgIpc) is 2.72. The molecule has 3 rings (SSSR count). The molecule has 0 aromatic carbocycles. The van der Waals surface area contributed by atoms with Crippen LogP contribution in [0.5, 0.6) is 0 Å². The summed E-state index contributed by atoms with van der Waals surface area (Å²) < 4.78 is 5.18. The Hall–Kier alpha value is -1.29. The molecule has 4 heteroatoms. The number of hydrogen-bond acceptors (Lipinski definition) is 4. The Labute approximate surface area is 79.4 Å². The largest absolute Gasteiger partial charge is 0.380 e. The van der Waals surface area contributed by atoms with Crippen molar-refractivity contribution in [3.05, 3.63) is 33.8 Å². The molecule has 1 N–H and O–H groups in total. The molecule has 0 fully saturated rings. The smallest absolute Gasteiger partial charge is 0.146 e. The van der Waals surface area contributed by atoms with Gasteiger partial charge >= 0.3 is 0 Å². The van der Waals surface area contributed by atoms with E-state index in [9.17, 15) is 0 Å². The molecular formula is C9H8N2OS. The molecule has 2 aromatic rings. The summed E-state index contributed by atoms with van der Waals surface area (Å²) in [5.74, 6) is 0.994. The van der Waals surface area contributed by atoms with Crippen LogP contribution in [0.1, 0.15) is 16.2 Å². The number of nitrogens with one attached hydrogen (secondary N) is 1. The maximum atomic E-state index is 5.18. The Morgan fingerprint density at radius 3 is 3.54 bits per heavy atom. The lowest BCUT2D eigenvalue weighted by molar-refractivity contribution is 0.389. The quantitative estimate of drug-likeness (QED) is 0.695. The summed E-state index contributed by atoms with van der Waals surface area (Å²) in [4.78, 5) is 1.33. The molecule has 0 radical (unpaired) electrons. The van der Waals surface area contributed by atoms with Gasteiger partial charge in [-0.25, -0.2) is 0 Å². The predicted octanol–water partition coefficient (Wildman–Crippen LogP) is 2.25. The van der Waals surface area contributed by atoms with E-state index in [4.69, 9.17) is 4.52 Å². The maximum absolute atomic E-state index is 5.18. The number of thiophene rings is 1. The second-order valence-electron chi connectivity index (χ2n) is 3.06. The van der Waals surface area contributed by atoms with Gasteiger partial charge in [0.25, 0.3) is 0 Å². The average molecular weight is 192 g/mol. The second-order valence-corrected chi connectivity index (χ2v) is 4.06. The van der Waals surface area contributed by atoms with Crippen LogP contribution in [0.3, 0.4) is 0 Å². The Kier molecular flexibility index (Phi) is 1.43. The summed E-state index contributed by atoms with van der Waals surface area (Å²) >= 11 is 1.76. The van der Waals surface area contributed by atoms with E-state index < -0.39 is 0 Å². The van der Waals surface area contributed by atoms with Crippen LogP contribution in [0.4, 0.5) is 5.69 Å². The molecule has 0 amide bonds. The Bertz CT molecular complexity index is 392. The van der Waals surface area contributed by atoms with Crippen molar-refractivity contribution in [1.82, 2.24) is 5.16 Å². The molecule has 0 aliphatic carbocycles. The van der Waals surface area contributed by atoms with Crippen molar-refractivity contribution in [3.63, 3.8) is 0 Å². The van der Waals surface area contributed by atoms with Gasteiger partial charge in [-0.1, -0.05) is 5.16 Å². The molecule has 0 atom stereocenters. The third-order valence-electron chi connectivity index (χ3n) is 2.27. The number of aromatic nitrogens is 1. The van der Waals surface area contributed by atoms with Crippen molar-refractivity contribution in [3.8, 4) is 0 Å². The topological polar surface area (TPSA) is 38.1 Å². The summed E-state index contributed by atoms with van der Waals surface area (Å²) in [6, 6.07) is 2.11. The first-order chi connectivity index (χ1) is 6.43. The molecule has 3 heterocycles. The van der Waals surface area contributed by atoms with E-state index in [0.29, 0.717) is 0 Å². The van der Waals surface area contributed by atoms with Crippen LogP contribution in [0.2, 0.25) is 0 Å². The van der Waals surface area contributed by atoms with Crippen molar-refractivity contribution in [2.24, 2.45) is 0 Å². The number of anilines is 1. The fraction of sp³-hybridized carbons (Fsp3) is 0.222. The monoisotopic (exact) mass is 192 g/mol. The third-order valence-corrected chi connectivity index (χ3v) is 3.19. The zero-order valence-corrected chi connectivity index (χ0v) is 7.73. The van der Waals surface area contributed by atoms with Gasteiger partial charge < -0.3 is 9.84 Å². The standard InChI is InChI=1S/C9H8N2OS/c1-2-13-9-3-8-6(5-11-12-8)4-10-7(1)9/h1-2,5,10H,3-4H2. The predicted molar refractivity (Wildman–Crippen MR) is 51.0 cm³/mol. The minimum atomic E-state index is 0.822. The van der Waals surface area contributed by atoms with E-state index in [1.54, 1.807) is 17.5 Å². The minimum Gasteiger partial charge on any atom is -0.380 e. The Morgan fingerprint density at radius 1 is 1.54 bits per heavy atom. The molecule has 0 spiro atoms. The molecule has 0 unspecified atom stereocenters. The maximum Gasteiger partial charge on any atom is 0.146 e. The zero-order valence-electron chi connectivity index (χ0n) is 6.91. The van der Waals surface area contributed by atoms with Gasteiger partial charge in [0.05, 0.1) is 6.20 Å². The third kappa shape index (κ3) is 1.06. The molecular weight excluding hydrogens is 184 g/mol. The molecule has 0 saturated heterocycles. The van der Waals surface area contributed by atoms with E-state index in [1.165, 1.54) is 16.1 Å². The molecule has 13 heavy (non-hydrogen) atoms. The highest BCUT2D eigenvalue weighted by molar-refractivity contribution is 7.10. The van der Waals surface area contributed by atoms with Gasteiger partial charge in [-0.2, -0.15) is 0 Å². The van der Waals surface area contributed by atoms with Crippen molar-refractivity contribution in [1.29, 1.82) is 0 Å². The van der Waals surface area contributed by atoms with Gasteiger partial charge in [-0.05, 0) is 11.4 Å². The van der Waals surface area contributed by atoms with Crippen LogP contribution in [0, 0.1) is 0 Å². The number of hydrogen-bond donors (Lipinski definition) is 1. The number of rotatable bonds is 0. The molecule has 1 aliphatic heterocycles. The lowest BCUT2D eigenvalue weighted by Gasteiger charge is -1.98. The van der Waals surface area contributed by atoms with Crippen molar-refractivity contribution >= 4 is 17.0 Å². The first kappa shape index (κ1) is 7.15. The van der Waals surface area contributed by atoms with E-state index in [-0.39, 0.29) is 0 Å². The van der Waals surface area contributed by atoms with E-state index in [1.807, 2.05) is 0 Å². The first-order valence-electron chi connectivity index (χ1n) is 4.16. The van der Waals surface area contributed by atoms with Gasteiger partial charge in [0.15, 0.2) is 0 Å². The molecule has 0 bridgehead atoms. The van der Waals surface area contributed by atoms with Crippen LogP contribution >= 0.6 is 11.3 Å². The van der Waals surface area contributed by atoms with Gasteiger partial charge in [-0.15, -0.1) is 11.3 Å². The van der Waals surface area contributed by atoms with Gasteiger partial charge in [-0.3, -0.25) is 0 Å². The van der Waals surface area contributed by atoms with Crippen LogP contribution in [0.15, 0.2) is 22.2 Å². The van der Waals surface area contributed by atoms with Crippen molar-refractivity contribution in [2.75, 3.05) is 5.32 Å². The highest BCUT2D eigenvalue weighted by Crippen LogP contribution is 2.29. The van der Waals surface area contributed by atoms with E-state index >= 15 is 0 Å². The molecule has 2 aromatic heterocycles. The summed E-state index contributed by atoms with van der Waals surface area (Å²) in [6.45, 7) is 0.822. The number of fused-ring (bicyclic) bond motifs is 2. The summed E-state index contributed by atoms with van der Waals surface area (Å²) in [5, 5.41) is 9.25. The highest BCUT2D eigenvalue weighted by Gasteiger charge is 2.16. The fourth-order valence-electron chi connectivity index (χ4n) is 1.55. The van der Waals surface area contributed by atoms with Gasteiger partial charge in [0.1, 0.15) is 5.76 Å². The lowest BCUT2D eigenvalue weighted by atomic mass is 10.2. The van der Waals surface area contributed by atoms with Crippen molar-refractivity contribution < 1.29 is 4.52 Å². The summed E-state index contributed by atoms with van der Waals surface area (Å²) in [7, 11) is 0. The molecule has 66 valence electrons. The fourth-order valence-corrected chi connectivity index (χ4v) is 2.40. The van der Waals surface area contributed by atoms with Gasteiger partial charge in [0.2, 0.25) is 0 Å². The molecule has 0 saturated carbocycles. The van der Waals surface area contributed by atoms with Crippen LogP contribution in [-0.4, -0.2) is 5.16 Å². The van der Waals surface area contributed by atoms with Crippen molar-refractivity contribution in [2.45, 2.75) is 13.0 Å². The van der Waals surface area contributed by atoms with Gasteiger partial charge in [0, 0.05) is 29.1 Å². The Balaban J connectivity index is 2.10. The Morgan fingerprint density at radius 2 is 2.54 bits per heavy atom. The summed E-state index contributed by atoms with van der Waals surface area (Å²) in [6.07, 6.45) is 2.66. The van der Waals surface area contributed by atoms with E-state index in [0.717, 1.165) is 18.7 Å². The summed E-state index contributed by atoms with van der Waals surface area (Å²) in [5.41, 5.74) is 2.40. The highest BCUT2D eigenvalue weighted by atomic mass is 32.1. The van der Waals surface area contributed by atoms with Crippen LogP contribution in [0.25, 0.3) is 0 Å². The molecule has 1 aliphatic rings. The first-order valence-corrected chi connectivity index (χ1v) is 5.04. The molecule has 3 nitrogen and oxygen atoms in total.